The van der Waals surface area contributed by atoms with Crippen LogP contribution in [0.2, 0.25) is 0 Å². The smallest absolute Gasteiger partial charge is 0.322 e. The van der Waals surface area contributed by atoms with E-state index in [1.807, 2.05) is 37.3 Å². The van der Waals surface area contributed by atoms with Gasteiger partial charge in [0.2, 0.25) is 0 Å². The van der Waals surface area contributed by atoms with Crippen LogP contribution in [0.15, 0.2) is 42.7 Å². The average molecular weight is 335 g/mol. The summed E-state index contributed by atoms with van der Waals surface area (Å²) in [5.74, 6) is 0.284. The van der Waals surface area contributed by atoms with Gasteiger partial charge >= 0.3 is 6.01 Å². The van der Waals surface area contributed by atoms with Gasteiger partial charge in [-0.25, -0.2) is 4.98 Å². The fourth-order valence-electron chi connectivity index (χ4n) is 2.19. The molecule has 0 radical (unpaired) electrons. The van der Waals surface area contributed by atoms with Gasteiger partial charge in [0.05, 0.1) is 29.0 Å². The lowest BCUT2D eigenvalue weighted by atomic mass is 10.2. The van der Waals surface area contributed by atoms with E-state index < -0.39 is 0 Å². The number of hydrogen-bond acceptors (Lipinski definition) is 6. The van der Waals surface area contributed by atoms with Crippen molar-refractivity contribution in [2.45, 2.75) is 20.8 Å². The second-order valence-electron chi connectivity index (χ2n) is 5.46. The van der Waals surface area contributed by atoms with Crippen LogP contribution in [0.4, 0.5) is 5.69 Å². The first-order chi connectivity index (χ1) is 12.0. The van der Waals surface area contributed by atoms with Crippen molar-refractivity contribution in [1.29, 1.82) is 0 Å². The molecule has 0 saturated carbocycles. The summed E-state index contributed by atoms with van der Waals surface area (Å²) >= 11 is 0. The highest BCUT2D eigenvalue weighted by molar-refractivity contribution is 6.03. The maximum atomic E-state index is 12.3. The number of amides is 1. The molecule has 0 aliphatic carbocycles. The fraction of sp³-hybridized carbons (Fsp3) is 0.167. The Hall–Kier alpha value is -3.35. The lowest BCUT2D eigenvalue weighted by Gasteiger charge is -2.12. The molecule has 0 unspecified atom stereocenters. The highest BCUT2D eigenvalue weighted by Crippen LogP contribution is 2.23. The number of benzene rings is 1. The van der Waals surface area contributed by atoms with E-state index in [0.717, 1.165) is 5.69 Å². The minimum Gasteiger partial charge on any atom is -0.424 e. The van der Waals surface area contributed by atoms with Gasteiger partial charge in [-0.2, -0.15) is 9.97 Å². The zero-order valence-corrected chi connectivity index (χ0v) is 14.1. The van der Waals surface area contributed by atoms with Gasteiger partial charge in [-0.3, -0.25) is 9.78 Å². The van der Waals surface area contributed by atoms with Gasteiger partial charge in [-0.15, -0.1) is 0 Å². The third-order valence-electron chi connectivity index (χ3n) is 3.45. The summed E-state index contributed by atoms with van der Waals surface area (Å²) in [7, 11) is 0. The summed E-state index contributed by atoms with van der Waals surface area (Å²) in [6.45, 7) is 5.37. The van der Waals surface area contributed by atoms with Crippen LogP contribution >= 0.6 is 0 Å². The Labute approximate surface area is 145 Å². The molecule has 0 aliphatic heterocycles. The number of aromatic nitrogens is 4. The zero-order valence-electron chi connectivity index (χ0n) is 14.1. The number of nitrogens with zero attached hydrogens (tertiary/aromatic N) is 4. The summed E-state index contributed by atoms with van der Waals surface area (Å²) in [5, 5.41) is 2.78. The minimum absolute atomic E-state index is 0.231. The molecule has 0 atom stereocenters. The van der Waals surface area contributed by atoms with Crippen LogP contribution in [-0.4, -0.2) is 25.8 Å². The van der Waals surface area contributed by atoms with Crippen molar-refractivity contribution < 1.29 is 9.53 Å². The monoisotopic (exact) mass is 335 g/mol. The van der Waals surface area contributed by atoms with Gasteiger partial charge in [0.15, 0.2) is 0 Å². The van der Waals surface area contributed by atoms with E-state index in [4.69, 9.17) is 4.74 Å². The number of carbonyl (C=O) groups excluding carboxylic acids is 1. The summed E-state index contributed by atoms with van der Waals surface area (Å²) < 4.78 is 5.64. The highest BCUT2D eigenvalue weighted by atomic mass is 16.5. The van der Waals surface area contributed by atoms with E-state index in [1.165, 1.54) is 6.20 Å². The second-order valence-corrected chi connectivity index (χ2v) is 5.46. The van der Waals surface area contributed by atoms with Gasteiger partial charge in [0, 0.05) is 6.20 Å². The quantitative estimate of drug-likeness (QED) is 0.787. The molecule has 0 bridgehead atoms. The standard InChI is InChI=1S/C18H17N5O2/c1-11-9-20-15(10-19-11)17(24)23-16-12(2)21-18(22-13(16)3)25-14-7-5-4-6-8-14/h4-10H,1-3H3,(H,23,24). The van der Waals surface area contributed by atoms with Gasteiger partial charge in [0.25, 0.3) is 5.91 Å². The molecule has 25 heavy (non-hydrogen) atoms. The molecule has 126 valence electrons. The molecule has 2 aromatic heterocycles. The topological polar surface area (TPSA) is 89.9 Å². The minimum atomic E-state index is -0.362. The van der Waals surface area contributed by atoms with E-state index in [0.29, 0.717) is 22.8 Å². The Morgan fingerprint density at radius 1 is 0.960 bits per heavy atom. The lowest BCUT2D eigenvalue weighted by Crippen LogP contribution is -2.17. The van der Waals surface area contributed by atoms with Gasteiger partial charge in [-0.05, 0) is 32.9 Å². The van der Waals surface area contributed by atoms with Crippen molar-refractivity contribution in [2.75, 3.05) is 5.32 Å². The number of aryl methyl sites for hydroxylation is 3. The summed E-state index contributed by atoms with van der Waals surface area (Å²) in [6.07, 6.45) is 2.98. The maximum Gasteiger partial charge on any atom is 0.322 e. The molecule has 0 saturated heterocycles. The molecule has 7 heteroatoms. The Morgan fingerprint density at radius 2 is 1.64 bits per heavy atom. The Balaban J connectivity index is 1.80. The molecule has 1 N–H and O–H groups in total. The molecule has 1 amide bonds. The number of carbonyl (C=O) groups is 1. The third kappa shape index (κ3) is 3.95. The van der Waals surface area contributed by atoms with E-state index in [9.17, 15) is 4.79 Å². The number of hydrogen-bond donors (Lipinski definition) is 1. The first-order valence-electron chi connectivity index (χ1n) is 7.71. The van der Waals surface area contributed by atoms with Crippen LogP contribution < -0.4 is 10.1 Å². The molecule has 7 nitrogen and oxygen atoms in total. The molecular formula is C18H17N5O2. The Morgan fingerprint density at radius 3 is 2.24 bits per heavy atom. The van der Waals surface area contributed by atoms with Crippen molar-refractivity contribution in [3.8, 4) is 11.8 Å². The molecule has 1 aromatic carbocycles. The number of anilines is 1. The van der Waals surface area contributed by atoms with Gasteiger partial charge in [-0.1, -0.05) is 18.2 Å². The van der Waals surface area contributed by atoms with Crippen molar-refractivity contribution in [3.05, 3.63) is 65.5 Å². The van der Waals surface area contributed by atoms with E-state index in [2.05, 4.69) is 25.3 Å². The Kier molecular flexibility index (Phi) is 4.65. The number of nitrogens with one attached hydrogen (secondary N) is 1. The first kappa shape index (κ1) is 16.5. The lowest BCUT2D eigenvalue weighted by molar-refractivity contribution is 0.102. The van der Waals surface area contributed by atoms with Crippen LogP contribution in [-0.2, 0) is 0 Å². The van der Waals surface area contributed by atoms with Crippen molar-refractivity contribution in [1.82, 2.24) is 19.9 Å². The van der Waals surface area contributed by atoms with Crippen molar-refractivity contribution >= 4 is 11.6 Å². The SMILES string of the molecule is Cc1cnc(C(=O)Nc2c(C)nc(Oc3ccccc3)nc2C)cn1. The maximum absolute atomic E-state index is 12.3. The molecular weight excluding hydrogens is 318 g/mol. The van der Waals surface area contributed by atoms with E-state index in [1.54, 1.807) is 20.0 Å². The number of ether oxygens (including phenoxy) is 1. The van der Waals surface area contributed by atoms with E-state index >= 15 is 0 Å². The van der Waals surface area contributed by atoms with Crippen LogP contribution in [0, 0.1) is 20.8 Å². The van der Waals surface area contributed by atoms with Crippen molar-refractivity contribution in [3.63, 3.8) is 0 Å². The van der Waals surface area contributed by atoms with Gasteiger partial charge < -0.3 is 10.1 Å². The second kappa shape index (κ2) is 7.04. The predicted molar refractivity (Wildman–Crippen MR) is 92.7 cm³/mol. The average Bonchev–Trinajstić information content (AvgIpc) is 2.59. The van der Waals surface area contributed by atoms with Crippen LogP contribution in [0.5, 0.6) is 11.8 Å². The summed E-state index contributed by atoms with van der Waals surface area (Å²) in [5.41, 5.74) is 2.72. The molecule has 0 spiro atoms. The Bertz CT molecular complexity index is 872. The molecule has 0 aliphatic rings. The van der Waals surface area contributed by atoms with Gasteiger partial charge in [0.1, 0.15) is 11.4 Å². The van der Waals surface area contributed by atoms with Crippen LogP contribution in [0.3, 0.4) is 0 Å². The third-order valence-corrected chi connectivity index (χ3v) is 3.45. The first-order valence-corrected chi connectivity index (χ1v) is 7.71. The molecule has 3 aromatic rings. The van der Waals surface area contributed by atoms with Crippen LogP contribution in [0.1, 0.15) is 27.6 Å². The van der Waals surface area contributed by atoms with Crippen molar-refractivity contribution in [2.24, 2.45) is 0 Å². The molecule has 2 heterocycles. The predicted octanol–water partition coefficient (Wildman–Crippen LogP) is 3.24. The van der Waals surface area contributed by atoms with Crippen LogP contribution in [0.25, 0.3) is 0 Å². The molecule has 3 rings (SSSR count). The largest absolute Gasteiger partial charge is 0.424 e. The fourth-order valence-corrected chi connectivity index (χ4v) is 2.19. The molecule has 0 fully saturated rings. The van der Waals surface area contributed by atoms with E-state index in [-0.39, 0.29) is 17.6 Å². The normalized spacial score (nSPS) is 10.4. The summed E-state index contributed by atoms with van der Waals surface area (Å²) in [6, 6.07) is 9.50. The highest BCUT2D eigenvalue weighted by Gasteiger charge is 2.15. The summed E-state index contributed by atoms with van der Waals surface area (Å²) in [4.78, 5) is 29.1. The number of rotatable bonds is 4. The number of para-hydroxylation sites is 1. The zero-order chi connectivity index (χ0) is 17.8.